The molecule has 1 aromatic carbocycles. The molecule has 6 heteroatoms. The molecule has 112 valence electrons. The van der Waals surface area contributed by atoms with Gasteiger partial charge in [0.05, 0.1) is 6.10 Å². The molecule has 2 atom stereocenters. The maximum Gasteiger partial charge on any atom is 0.387 e. The van der Waals surface area contributed by atoms with Crippen LogP contribution in [0.3, 0.4) is 0 Å². The highest BCUT2D eigenvalue weighted by atomic mass is 35.5. The fraction of sp³-hybridized carbons (Fsp3) is 0.571. The monoisotopic (exact) mass is 305 g/mol. The SMILES string of the molecule is CC(NCc1cc(Cl)ccc1OC(F)F)C1CCCO1. The molecule has 2 rings (SSSR count). The number of halogens is 3. The van der Waals surface area contributed by atoms with E-state index in [0.29, 0.717) is 17.1 Å². The summed E-state index contributed by atoms with van der Waals surface area (Å²) in [5, 5.41) is 3.77. The lowest BCUT2D eigenvalue weighted by atomic mass is 10.1. The molecule has 1 aliphatic rings. The van der Waals surface area contributed by atoms with E-state index in [1.807, 2.05) is 6.92 Å². The van der Waals surface area contributed by atoms with Crippen molar-refractivity contribution in [1.82, 2.24) is 5.32 Å². The quantitative estimate of drug-likeness (QED) is 0.871. The number of hydrogen-bond donors (Lipinski definition) is 1. The Labute approximate surface area is 122 Å². The molecule has 1 fully saturated rings. The second-order valence-corrected chi connectivity index (χ2v) is 5.29. The summed E-state index contributed by atoms with van der Waals surface area (Å²) in [7, 11) is 0. The second-order valence-electron chi connectivity index (χ2n) is 4.85. The van der Waals surface area contributed by atoms with E-state index in [1.54, 1.807) is 6.07 Å². The minimum absolute atomic E-state index is 0.149. The van der Waals surface area contributed by atoms with Gasteiger partial charge in [-0.05, 0) is 38.0 Å². The molecule has 3 nitrogen and oxygen atoms in total. The third-order valence-corrected chi connectivity index (χ3v) is 3.61. The molecule has 0 aliphatic carbocycles. The van der Waals surface area contributed by atoms with Crippen molar-refractivity contribution < 1.29 is 18.3 Å². The fourth-order valence-corrected chi connectivity index (χ4v) is 2.49. The maximum atomic E-state index is 12.3. The Bertz CT molecular complexity index is 439. The van der Waals surface area contributed by atoms with Gasteiger partial charge >= 0.3 is 6.61 Å². The summed E-state index contributed by atoms with van der Waals surface area (Å²) in [4.78, 5) is 0. The summed E-state index contributed by atoms with van der Waals surface area (Å²) in [6, 6.07) is 4.78. The molecule has 1 aromatic rings. The molecular formula is C14H18ClF2NO2. The van der Waals surface area contributed by atoms with Crippen molar-refractivity contribution in [2.24, 2.45) is 0 Å². The summed E-state index contributed by atoms with van der Waals surface area (Å²) >= 11 is 5.90. The molecule has 0 amide bonds. The minimum Gasteiger partial charge on any atom is -0.434 e. The summed E-state index contributed by atoms with van der Waals surface area (Å²) < 4.78 is 34.8. The minimum atomic E-state index is -2.84. The third kappa shape index (κ3) is 4.30. The molecule has 0 aromatic heterocycles. The molecule has 20 heavy (non-hydrogen) atoms. The van der Waals surface area contributed by atoms with Crippen LogP contribution in [0.2, 0.25) is 5.02 Å². The van der Waals surface area contributed by atoms with Crippen LogP contribution in [0.5, 0.6) is 5.75 Å². The van der Waals surface area contributed by atoms with Gasteiger partial charge < -0.3 is 14.8 Å². The number of rotatable bonds is 6. The van der Waals surface area contributed by atoms with E-state index in [0.717, 1.165) is 19.4 Å². The molecule has 1 saturated heterocycles. The van der Waals surface area contributed by atoms with Gasteiger partial charge in [0, 0.05) is 29.8 Å². The van der Waals surface area contributed by atoms with Crippen LogP contribution in [0.4, 0.5) is 8.78 Å². The third-order valence-electron chi connectivity index (χ3n) is 3.38. The summed E-state index contributed by atoms with van der Waals surface area (Å²) in [6.07, 6.45) is 2.26. The Balaban J connectivity index is 1.98. The lowest BCUT2D eigenvalue weighted by Crippen LogP contribution is -2.36. The highest BCUT2D eigenvalue weighted by Gasteiger charge is 2.22. The van der Waals surface area contributed by atoms with Crippen LogP contribution in [-0.2, 0) is 11.3 Å². The topological polar surface area (TPSA) is 30.5 Å². The van der Waals surface area contributed by atoms with Crippen LogP contribution in [0.25, 0.3) is 0 Å². The predicted octanol–water partition coefficient (Wildman–Crippen LogP) is 3.60. The first kappa shape index (κ1) is 15.5. The Morgan fingerprint density at radius 2 is 2.30 bits per heavy atom. The number of benzene rings is 1. The van der Waals surface area contributed by atoms with Gasteiger partial charge in [0.25, 0.3) is 0 Å². The average molecular weight is 306 g/mol. The van der Waals surface area contributed by atoms with E-state index >= 15 is 0 Å². The van der Waals surface area contributed by atoms with E-state index in [-0.39, 0.29) is 17.9 Å². The standard InChI is InChI=1S/C14H18ClF2NO2/c1-9(12-3-2-6-19-12)18-8-10-7-11(15)4-5-13(10)20-14(16)17/h4-5,7,9,12,14,18H,2-3,6,8H2,1H3. The largest absolute Gasteiger partial charge is 0.434 e. The maximum absolute atomic E-state index is 12.3. The predicted molar refractivity (Wildman–Crippen MR) is 73.4 cm³/mol. The van der Waals surface area contributed by atoms with Crippen molar-refractivity contribution in [3.8, 4) is 5.75 Å². The van der Waals surface area contributed by atoms with Crippen molar-refractivity contribution in [2.45, 2.75) is 45.1 Å². The Morgan fingerprint density at radius 1 is 1.50 bits per heavy atom. The molecule has 2 unspecified atom stereocenters. The van der Waals surface area contributed by atoms with Gasteiger partial charge in [0.15, 0.2) is 0 Å². The molecule has 1 heterocycles. The van der Waals surface area contributed by atoms with E-state index < -0.39 is 6.61 Å². The average Bonchev–Trinajstić information content (AvgIpc) is 2.92. The van der Waals surface area contributed by atoms with Gasteiger partial charge in [-0.2, -0.15) is 8.78 Å². The van der Waals surface area contributed by atoms with Crippen LogP contribution >= 0.6 is 11.6 Å². The Kier molecular flexibility index (Phi) is 5.57. The van der Waals surface area contributed by atoms with Gasteiger partial charge in [0.1, 0.15) is 5.75 Å². The zero-order valence-corrected chi connectivity index (χ0v) is 12.0. The fourth-order valence-electron chi connectivity index (χ4n) is 2.30. The first-order valence-electron chi connectivity index (χ1n) is 6.64. The molecule has 0 radical (unpaired) electrons. The van der Waals surface area contributed by atoms with Crippen LogP contribution in [-0.4, -0.2) is 25.4 Å². The number of hydrogen-bond acceptors (Lipinski definition) is 3. The smallest absolute Gasteiger partial charge is 0.387 e. The van der Waals surface area contributed by atoms with E-state index in [4.69, 9.17) is 16.3 Å². The first-order chi connectivity index (χ1) is 9.56. The van der Waals surface area contributed by atoms with Crippen LogP contribution < -0.4 is 10.1 Å². The van der Waals surface area contributed by atoms with Gasteiger partial charge in [0.2, 0.25) is 0 Å². The summed E-state index contributed by atoms with van der Waals surface area (Å²) in [5.41, 5.74) is 0.614. The normalized spacial score (nSPS) is 20.4. The lowest BCUT2D eigenvalue weighted by molar-refractivity contribution is -0.0505. The van der Waals surface area contributed by atoms with Crippen molar-refractivity contribution >= 4 is 11.6 Å². The lowest BCUT2D eigenvalue weighted by Gasteiger charge is -2.21. The van der Waals surface area contributed by atoms with Crippen molar-refractivity contribution in [2.75, 3.05) is 6.61 Å². The van der Waals surface area contributed by atoms with Crippen molar-refractivity contribution in [1.29, 1.82) is 0 Å². The first-order valence-corrected chi connectivity index (χ1v) is 7.02. The van der Waals surface area contributed by atoms with Crippen molar-refractivity contribution in [3.05, 3.63) is 28.8 Å². The van der Waals surface area contributed by atoms with E-state index in [1.165, 1.54) is 12.1 Å². The second kappa shape index (κ2) is 7.20. The van der Waals surface area contributed by atoms with Gasteiger partial charge in [-0.25, -0.2) is 0 Å². The van der Waals surface area contributed by atoms with E-state index in [9.17, 15) is 8.78 Å². The molecule has 0 spiro atoms. The molecule has 1 aliphatic heterocycles. The van der Waals surface area contributed by atoms with Crippen LogP contribution in [0.15, 0.2) is 18.2 Å². The Morgan fingerprint density at radius 3 is 2.95 bits per heavy atom. The summed E-state index contributed by atoms with van der Waals surface area (Å²) in [6.45, 7) is 0.372. The van der Waals surface area contributed by atoms with Gasteiger partial charge in [-0.1, -0.05) is 11.6 Å². The number of ether oxygens (including phenoxy) is 2. The number of alkyl halides is 2. The highest BCUT2D eigenvalue weighted by Crippen LogP contribution is 2.25. The zero-order valence-electron chi connectivity index (χ0n) is 11.2. The van der Waals surface area contributed by atoms with E-state index in [2.05, 4.69) is 10.1 Å². The molecular weight excluding hydrogens is 288 g/mol. The Hall–Kier alpha value is -0.910. The molecule has 1 N–H and O–H groups in total. The van der Waals surface area contributed by atoms with Crippen molar-refractivity contribution in [3.63, 3.8) is 0 Å². The van der Waals surface area contributed by atoms with Gasteiger partial charge in [-0.3, -0.25) is 0 Å². The number of nitrogens with one attached hydrogen (secondary N) is 1. The highest BCUT2D eigenvalue weighted by molar-refractivity contribution is 6.30. The summed E-state index contributed by atoms with van der Waals surface area (Å²) in [5.74, 6) is 0.149. The van der Waals surface area contributed by atoms with Gasteiger partial charge in [-0.15, -0.1) is 0 Å². The molecule has 0 saturated carbocycles. The van der Waals surface area contributed by atoms with Crippen LogP contribution in [0, 0.1) is 0 Å². The zero-order chi connectivity index (χ0) is 14.5. The van der Waals surface area contributed by atoms with Crippen LogP contribution in [0.1, 0.15) is 25.3 Å². The molecule has 0 bridgehead atoms.